The van der Waals surface area contributed by atoms with E-state index in [1.807, 2.05) is 0 Å². The lowest BCUT2D eigenvalue weighted by molar-refractivity contribution is -0.129. The molecule has 2 bridgehead atoms. The van der Waals surface area contributed by atoms with E-state index in [2.05, 4.69) is 25.5 Å². The summed E-state index contributed by atoms with van der Waals surface area (Å²) < 4.78 is 4.15. The first kappa shape index (κ1) is 13.2. The Bertz CT molecular complexity index is 283. The molecule has 2 aliphatic carbocycles. The fraction of sp³-hybridized carbons (Fsp3) is 0.846. The van der Waals surface area contributed by atoms with Crippen LogP contribution in [0.25, 0.3) is 0 Å². The van der Waals surface area contributed by atoms with Gasteiger partial charge in [0.2, 0.25) is 0 Å². The van der Waals surface area contributed by atoms with Crippen LogP contribution >= 0.6 is 0 Å². The van der Waals surface area contributed by atoms with Gasteiger partial charge in [0.05, 0.1) is 6.61 Å². The molecule has 2 saturated carbocycles. The van der Waals surface area contributed by atoms with Crippen molar-refractivity contribution in [1.29, 1.82) is 0 Å². The molecule has 0 aromatic heterocycles. The SMILES string of the molecule is CC1(C)[C@H]2CC[C@]1(C)C(=O)C2.CCOC=O. The van der Waals surface area contributed by atoms with Gasteiger partial charge in [0.25, 0.3) is 6.47 Å². The predicted molar refractivity (Wildman–Crippen MR) is 61.9 cm³/mol. The van der Waals surface area contributed by atoms with Crippen LogP contribution in [0.4, 0.5) is 0 Å². The smallest absolute Gasteiger partial charge is 0.293 e. The summed E-state index contributed by atoms with van der Waals surface area (Å²) in [4.78, 5) is 20.8. The molecule has 92 valence electrons. The largest absolute Gasteiger partial charge is 0.468 e. The van der Waals surface area contributed by atoms with E-state index in [-0.39, 0.29) is 10.8 Å². The summed E-state index contributed by atoms with van der Waals surface area (Å²) in [5.41, 5.74) is 0.307. The maximum absolute atomic E-state index is 11.6. The standard InChI is InChI=1S/C10H16O.C3H6O2/c1-9(2)7-4-5-10(9,3)8(11)6-7;1-2-5-3-4/h7H,4-6H2,1-3H3;3H,2H2,1H3/t7-,10+;/m0./s1. The lowest BCUT2D eigenvalue weighted by atomic mass is 9.70. The highest BCUT2D eigenvalue weighted by molar-refractivity contribution is 5.89. The van der Waals surface area contributed by atoms with Crippen molar-refractivity contribution in [3.05, 3.63) is 0 Å². The lowest BCUT2D eigenvalue weighted by Gasteiger charge is -2.32. The van der Waals surface area contributed by atoms with Gasteiger partial charge in [-0.25, -0.2) is 0 Å². The number of carbonyl (C=O) groups is 2. The minimum absolute atomic E-state index is 0.0255. The molecular formula is C13H22O3. The molecular weight excluding hydrogens is 204 g/mol. The van der Waals surface area contributed by atoms with Crippen LogP contribution in [0.1, 0.15) is 47.0 Å². The van der Waals surface area contributed by atoms with E-state index in [0.717, 1.165) is 12.8 Å². The molecule has 0 saturated heterocycles. The minimum Gasteiger partial charge on any atom is -0.468 e. The Balaban J connectivity index is 0.000000221. The maximum atomic E-state index is 11.6. The van der Waals surface area contributed by atoms with Gasteiger partial charge in [-0.1, -0.05) is 20.8 Å². The first-order valence-electron chi connectivity index (χ1n) is 5.98. The molecule has 2 aliphatic rings. The highest BCUT2D eigenvalue weighted by Crippen LogP contribution is 2.63. The zero-order chi connectivity index (χ0) is 12.4. The Hall–Kier alpha value is -0.860. The van der Waals surface area contributed by atoms with E-state index < -0.39 is 0 Å². The number of hydrogen-bond donors (Lipinski definition) is 0. The first-order chi connectivity index (χ1) is 7.40. The van der Waals surface area contributed by atoms with Crippen molar-refractivity contribution in [3.8, 4) is 0 Å². The Labute approximate surface area is 97.5 Å². The van der Waals surface area contributed by atoms with Gasteiger partial charge in [-0.2, -0.15) is 0 Å². The van der Waals surface area contributed by atoms with Crippen molar-refractivity contribution >= 4 is 12.3 Å². The Morgan fingerprint density at radius 3 is 2.19 bits per heavy atom. The Morgan fingerprint density at radius 2 is 2.06 bits per heavy atom. The van der Waals surface area contributed by atoms with Crippen LogP contribution in [0.15, 0.2) is 0 Å². The van der Waals surface area contributed by atoms with Gasteiger partial charge in [-0.3, -0.25) is 9.59 Å². The van der Waals surface area contributed by atoms with E-state index in [1.165, 1.54) is 6.42 Å². The van der Waals surface area contributed by atoms with E-state index in [4.69, 9.17) is 0 Å². The summed E-state index contributed by atoms with van der Waals surface area (Å²) in [7, 11) is 0. The zero-order valence-electron chi connectivity index (χ0n) is 10.7. The fourth-order valence-corrected chi connectivity index (χ4v) is 2.97. The molecule has 2 atom stereocenters. The second-order valence-corrected chi connectivity index (χ2v) is 5.47. The third-order valence-corrected chi connectivity index (χ3v) is 4.72. The maximum Gasteiger partial charge on any atom is 0.293 e. The van der Waals surface area contributed by atoms with Crippen molar-refractivity contribution < 1.29 is 14.3 Å². The van der Waals surface area contributed by atoms with Crippen LogP contribution in [0.2, 0.25) is 0 Å². The molecule has 0 amide bonds. The van der Waals surface area contributed by atoms with Gasteiger partial charge >= 0.3 is 0 Å². The van der Waals surface area contributed by atoms with Crippen LogP contribution in [-0.2, 0) is 14.3 Å². The van der Waals surface area contributed by atoms with Crippen molar-refractivity contribution in [2.24, 2.45) is 16.7 Å². The summed E-state index contributed by atoms with van der Waals surface area (Å²) in [5, 5.41) is 0. The molecule has 0 spiro atoms. The van der Waals surface area contributed by atoms with Crippen LogP contribution < -0.4 is 0 Å². The molecule has 0 heterocycles. The average molecular weight is 226 g/mol. The van der Waals surface area contributed by atoms with Crippen LogP contribution in [0, 0.1) is 16.7 Å². The van der Waals surface area contributed by atoms with E-state index in [1.54, 1.807) is 6.92 Å². The number of carbonyl (C=O) groups excluding carboxylic acids is 2. The fourth-order valence-electron chi connectivity index (χ4n) is 2.97. The van der Waals surface area contributed by atoms with Gasteiger partial charge in [0, 0.05) is 11.8 Å². The van der Waals surface area contributed by atoms with Gasteiger partial charge in [0.1, 0.15) is 5.78 Å². The van der Waals surface area contributed by atoms with E-state index in [0.29, 0.717) is 24.8 Å². The van der Waals surface area contributed by atoms with Crippen molar-refractivity contribution in [2.75, 3.05) is 6.61 Å². The summed E-state index contributed by atoms with van der Waals surface area (Å²) in [6.45, 7) is 9.34. The summed E-state index contributed by atoms with van der Waals surface area (Å²) in [6, 6.07) is 0. The van der Waals surface area contributed by atoms with Gasteiger partial charge in [-0.15, -0.1) is 0 Å². The number of rotatable bonds is 2. The zero-order valence-corrected chi connectivity index (χ0v) is 10.7. The molecule has 0 aromatic rings. The summed E-state index contributed by atoms with van der Waals surface area (Å²) in [5.74, 6) is 1.19. The highest BCUT2D eigenvalue weighted by atomic mass is 16.5. The molecule has 2 fully saturated rings. The van der Waals surface area contributed by atoms with E-state index >= 15 is 0 Å². The molecule has 0 aromatic carbocycles. The van der Waals surface area contributed by atoms with Gasteiger partial charge in [-0.05, 0) is 31.1 Å². The number of ketones is 1. The molecule has 3 nitrogen and oxygen atoms in total. The van der Waals surface area contributed by atoms with Crippen LogP contribution in [0.3, 0.4) is 0 Å². The van der Waals surface area contributed by atoms with Crippen molar-refractivity contribution in [3.63, 3.8) is 0 Å². The topological polar surface area (TPSA) is 43.4 Å². The summed E-state index contributed by atoms with van der Waals surface area (Å²) >= 11 is 0. The quantitative estimate of drug-likeness (QED) is 0.680. The third-order valence-electron chi connectivity index (χ3n) is 4.72. The Kier molecular flexibility index (Phi) is 3.76. The van der Waals surface area contributed by atoms with E-state index in [9.17, 15) is 9.59 Å². The normalized spacial score (nSPS) is 34.2. The number of ether oxygens (including phenoxy) is 1. The van der Waals surface area contributed by atoms with Crippen LogP contribution in [0.5, 0.6) is 0 Å². The van der Waals surface area contributed by atoms with Crippen LogP contribution in [-0.4, -0.2) is 18.9 Å². The average Bonchev–Trinajstić information content (AvgIpc) is 2.53. The molecule has 0 unspecified atom stereocenters. The predicted octanol–water partition coefficient (Wildman–Crippen LogP) is 2.58. The number of Topliss-reactive ketones (excluding diaryl/α,β-unsaturated/α-hetero) is 1. The molecule has 0 radical (unpaired) electrons. The van der Waals surface area contributed by atoms with Crippen molar-refractivity contribution in [2.45, 2.75) is 47.0 Å². The molecule has 16 heavy (non-hydrogen) atoms. The number of hydrogen-bond acceptors (Lipinski definition) is 3. The highest BCUT2D eigenvalue weighted by Gasteiger charge is 2.61. The molecule has 0 aliphatic heterocycles. The Morgan fingerprint density at radius 1 is 1.44 bits per heavy atom. The molecule has 2 rings (SSSR count). The first-order valence-corrected chi connectivity index (χ1v) is 5.98. The number of fused-ring (bicyclic) bond motifs is 2. The monoisotopic (exact) mass is 226 g/mol. The summed E-state index contributed by atoms with van der Waals surface area (Å²) in [6.07, 6.45) is 3.25. The second-order valence-electron chi connectivity index (χ2n) is 5.47. The second kappa shape index (κ2) is 4.56. The van der Waals surface area contributed by atoms with Crippen molar-refractivity contribution in [1.82, 2.24) is 0 Å². The molecule has 0 N–H and O–H groups in total. The molecule has 3 heteroatoms. The minimum atomic E-state index is 0.0255. The third kappa shape index (κ3) is 1.87. The lowest BCUT2D eigenvalue weighted by Crippen LogP contribution is -2.32. The van der Waals surface area contributed by atoms with Gasteiger partial charge in [0.15, 0.2) is 0 Å². The van der Waals surface area contributed by atoms with Gasteiger partial charge < -0.3 is 4.74 Å².